The number of nitrogens with two attached hydrogens (primary N) is 2. The summed E-state index contributed by atoms with van der Waals surface area (Å²) in [5.41, 5.74) is 10.2. The summed E-state index contributed by atoms with van der Waals surface area (Å²) >= 11 is 0. The van der Waals surface area contributed by atoms with E-state index in [1.807, 2.05) is 6.92 Å². The second-order valence-corrected chi connectivity index (χ2v) is 19.3. The lowest BCUT2D eigenvalue weighted by molar-refractivity contribution is -0.122. The van der Waals surface area contributed by atoms with Gasteiger partial charge in [0.15, 0.2) is 0 Å². The van der Waals surface area contributed by atoms with Crippen LogP contribution in [0.15, 0.2) is 0 Å². The Labute approximate surface area is 388 Å². The first-order valence-corrected chi connectivity index (χ1v) is 27.6. The van der Waals surface area contributed by atoms with E-state index in [1.54, 1.807) is 13.8 Å². The second kappa shape index (κ2) is 53.6. The van der Waals surface area contributed by atoms with Crippen LogP contribution in [0, 0.1) is 17.8 Å². The minimum atomic E-state index is -0.170. The summed E-state index contributed by atoms with van der Waals surface area (Å²) in [6.07, 6.45) is 53.1. The van der Waals surface area contributed by atoms with Crippen LogP contribution in [0.5, 0.6) is 0 Å². The van der Waals surface area contributed by atoms with E-state index >= 15 is 0 Å². The van der Waals surface area contributed by atoms with E-state index < -0.39 is 0 Å². The molecule has 0 aromatic rings. The largest absolute Gasteiger partial charge is 0.370 e. The van der Waals surface area contributed by atoms with E-state index in [0.29, 0.717) is 18.0 Å². The number of amides is 2. The van der Waals surface area contributed by atoms with Gasteiger partial charge in [-0.15, -0.1) is 0 Å². The SMILES string of the molecule is CCCCCCC(CC)C(N)=O.CCCCCCCC(N)=O.CCCCCCCCCC(CCCCCCCC(C)=O)C(CCCCCCCCC)CCCCCCCC(C)=O. The number of primary amides is 2. The predicted molar refractivity (Wildman–Crippen MR) is 273 cm³/mol. The van der Waals surface area contributed by atoms with Crippen LogP contribution in [0.2, 0.25) is 0 Å². The Kier molecular flexibility index (Phi) is 55.8. The third kappa shape index (κ3) is 54.4. The van der Waals surface area contributed by atoms with Crippen LogP contribution in [0.1, 0.15) is 318 Å². The van der Waals surface area contributed by atoms with Gasteiger partial charge < -0.3 is 21.1 Å². The van der Waals surface area contributed by atoms with Gasteiger partial charge in [0, 0.05) is 25.2 Å². The first-order chi connectivity index (χ1) is 30.0. The van der Waals surface area contributed by atoms with Crippen molar-refractivity contribution in [2.24, 2.45) is 29.2 Å². The molecule has 0 saturated heterocycles. The third-order valence-electron chi connectivity index (χ3n) is 13.1. The highest BCUT2D eigenvalue weighted by atomic mass is 16.1. The van der Waals surface area contributed by atoms with Crippen molar-refractivity contribution in [3.05, 3.63) is 0 Å². The molecule has 0 bridgehead atoms. The number of hydrogen-bond donors (Lipinski definition) is 2. The topological polar surface area (TPSA) is 120 Å². The van der Waals surface area contributed by atoms with E-state index in [2.05, 4.69) is 27.7 Å². The highest BCUT2D eigenvalue weighted by molar-refractivity contribution is 5.76. The van der Waals surface area contributed by atoms with Crippen LogP contribution in [0.3, 0.4) is 0 Å². The number of carbonyl (C=O) groups excluding carboxylic acids is 4. The van der Waals surface area contributed by atoms with Crippen LogP contribution >= 0.6 is 0 Å². The molecule has 0 aliphatic rings. The smallest absolute Gasteiger partial charge is 0.220 e. The molecule has 4 N–H and O–H groups in total. The van der Waals surface area contributed by atoms with Crippen LogP contribution in [-0.2, 0) is 19.2 Å². The van der Waals surface area contributed by atoms with Gasteiger partial charge in [-0.25, -0.2) is 0 Å². The molecule has 6 nitrogen and oxygen atoms in total. The first kappa shape index (κ1) is 64.6. The normalized spacial score (nSPS) is 12.4. The zero-order chi connectivity index (χ0) is 46.7. The maximum atomic E-state index is 11.2. The Morgan fingerprint density at radius 1 is 0.323 bits per heavy atom. The highest BCUT2D eigenvalue weighted by Gasteiger charge is 2.21. The molecule has 0 radical (unpaired) electrons. The molecule has 0 fully saturated rings. The van der Waals surface area contributed by atoms with Gasteiger partial charge in [-0.1, -0.05) is 253 Å². The molecule has 0 rings (SSSR count). The first-order valence-electron chi connectivity index (χ1n) is 27.6. The lowest BCUT2D eigenvalue weighted by atomic mass is 9.78. The number of ketones is 2. The maximum absolute atomic E-state index is 11.2. The summed E-state index contributed by atoms with van der Waals surface area (Å²) in [5.74, 6) is 2.35. The molecule has 0 heterocycles. The van der Waals surface area contributed by atoms with Crippen molar-refractivity contribution >= 4 is 23.4 Å². The quantitative estimate of drug-likeness (QED) is 0.0592. The molecule has 0 aliphatic heterocycles. The van der Waals surface area contributed by atoms with E-state index in [4.69, 9.17) is 11.5 Å². The van der Waals surface area contributed by atoms with Gasteiger partial charge in [-0.05, 0) is 57.8 Å². The summed E-state index contributed by atoms with van der Waals surface area (Å²) < 4.78 is 0. The summed E-state index contributed by atoms with van der Waals surface area (Å²) in [6, 6.07) is 0. The average molecular weight is 878 g/mol. The van der Waals surface area contributed by atoms with E-state index in [0.717, 1.165) is 69.6 Å². The molecule has 0 aromatic heterocycles. The third-order valence-corrected chi connectivity index (χ3v) is 13.1. The van der Waals surface area contributed by atoms with Gasteiger partial charge in [0.2, 0.25) is 11.8 Å². The van der Waals surface area contributed by atoms with Crippen LogP contribution in [0.4, 0.5) is 0 Å². The van der Waals surface area contributed by atoms with Crippen molar-refractivity contribution in [2.45, 2.75) is 318 Å². The summed E-state index contributed by atoms with van der Waals surface area (Å²) in [4.78, 5) is 43.6. The summed E-state index contributed by atoms with van der Waals surface area (Å²) in [6.45, 7) is 14.5. The minimum absolute atomic E-state index is 0.113. The minimum Gasteiger partial charge on any atom is -0.370 e. The van der Waals surface area contributed by atoms with Gasteiger partial charge >= 0.3 is 0 Å². The monoisotopic (exact) mass is 877 g/mol. The van der Waals surface area contributed by atoms with Gasteiger partial charge in [-0.2, -0.15) is 0 Å². The number of carbonyl (C=O) groups is 4. The molecule has 62 heavy (non-hydrogen) atoms. The Morgan fingerprint density at radius 2 is 0.565 bits per heavy atom. The van der Waals surface area contributed by atoms with Crippen molar-refractivity contribution in [2.75, 3.05) is 0 Å². The Hall–Kier alpha value is -1.72. The lowest BCUT2D eigenvalue weighted by Crippen LogP contribution is -2.22. The molecular formula is C56H112N2O4. The van der Waals surface area contributed by atoms with Gasteiger partial charge in [0.05, 0.1) is 0 Å². The molecule has 3 atom stereocenters. The Morgan fingerprint density at radius 3 is 0.823 bits per heavy atom. The molecule has 0 aromatic carbocycles. The highest BCUT2D eigenvalue weighted by Crippen LogP contribution is 2.34. The molecule has 0 spiro atoms. The maximum Gasteiger partial charge on any atom is 0.220 e. The standard InChI is InChI=1S/C38H74O2.C10H21NO.C8H17NO/c1-5-7-9-11-13-19-25-31-37(33-27-21-15-17-23-29-35(3)39)38(32-26-20-14-12-10-8-6-2)34-28-22-16-18-24-30-36(4)40;1-3-5-6-7-8-9(4-2)10(11)12;1-2-3-4-5-6-7-8(9)10/h37-38H,5-34H2,1-4H3;9H,3-8H2,1-2H3,(H2,11,12);2-7H2,1H3,(H2,9,10). The Balaban J connectivity index is -0.00000128. The molecule has 6 heteroatoms. The Bertz CT molecular complexity index is 904. The zero-order valence-electron chi connectivity index (χ0n) is 43.2. The van der Waals surface area contributed by atoms with Crippen LogP contribution in [0.25, 0.3) is 0 Å². The summed E-state index contributed by atoms with van der Waals surface area (Å²) in [7, 11) is 0. The van der Waals surface area contributed by atoms with Crippen molar-refractivity contribution in [1.82, 2.24) is 0 Å². The molecule has 370 valence electrons. The predicted octanol–water partition coefficient (Wildman–Crippen LogP) is 17.4. The van der Waals surface area contributed by atoms with E-state index in [9.17, 15) is 19.2 Å². The lowest BCUT2D eigenvalue weighted by Gasteiger charge is -2.28. The fourth-order valence-electron chi connectivity index (χ4n) is 8.85. The number of hydrogen-bond acceptors (Lipinski definition) is 4. The van der Waals surface area contributed by atoms with Crippen molar-refractivity contribution in [1.29, 1.82) is 0 Å². The summed E-state index contributed by atoms with van der Waals surface area (Å²) in [5, 5.41) is 0. The molecule has 0 aliphatic carbocycles. The van der Waals surface area contributed by atoms with Gasteiger partial charge in [-0.3, -0.25) is 9.59 Å². The van der Waals surface area contributed by atoms with E-state index in [1.165, 1.54) is 205 Å². The second-order valence-electron chi connectivity index (χ2n) is 19.3. The number of rotatable bonds is 46. The fourth-order valence-corrected chi connectivity index (χ4v) is 8.85. The number of Topliss-reactive ketones (excluding diaryl/α,β-unsaturated/α-hetero) is 2. The van der Waals surface area contributed by atoms with Crippen LogP contribution < -0.4 is 11.5 Å². The zero-order valence-corrected chi connectivity index (χ0v) is 43.2. The molecule has 2 amide bonds. The molecule has 3 unspecified atom stereocenters. The van der Waals surface area contributed by atoms with Crippen molar-refractivity contribution < 1.29 is 19.2 Å². The van der Waals surface area contributed by atoms with Crippen LogP contribution in [-0.4, -0.2) is 23.4 Å². The molecular weight excluding hydrogens is 765 g/mol. The van der Waals surface area contributed by atoms with Crippen molar-refractivity contribution in [3.8, 4) is 0 Å². The van der Waals surface area contributed by atoms with E-state index in [-0.39, 0.29) is 17.7 Å². The molecule has 0 saturated carbocycles. The average Bonchev–Trinajstić information content (AvgIpc) is 3.23. The fraction of sp³-hybridized carbons (Fsp3) is 0.929. The van der Waals surface area contributed by atoms with Gasteiger partial charge in [0.1, 0.15) is 11.6 Å². The van der Waals surface area contributed by atoms with Gasteiger partial charge in [0.25, 0.3) is 0 Å². The van der Waals surface area contributed by atoms with Crippen molar-refractivity contribution in [3.63, 3.8) is 0 Å². The number of unbranched alkanes of at least 4 members (excludes halogenated alkanes) is 27.